The molecule has 0 amide bonds. The molecule has 0 aliphatic carbocycles. The van der Waals surface area contributed by atoms with Crippen LogP contribution in [0.1, 0.15) is 28.3 Å². The van der Waals surface area contributed by atoms with Gasteiger partial charge in [-0.05, 0) is 40.8 Å². The number of nitrogens with zero attached hydrogens (tertiary/aromatic N) is 5. The van der Waals surface area contributed by atoms with Crippen molar-refractivity contribution in [2.45, 2.75) is 12.6 Å². The molecule has 4 aromatic rings. The van der Waals surface area contributed by atoms with Crippen LogP contribution in [0.2, 0.25) is 0 Å². The number of rotatable bonds is 3. The summed E-state index contributed by atoms with van der Waals surface area (Å²) in [6, 6.07) is 15.6. The third-order valence-corrected chi connectivity index (χ3v) is 5.74. The maximum Gasteiger partial charge on any atom is 0.211 e. The SMILES string of the molecule is N#CNC1=NC(c2ccc3ccn(Cc4ccc(F)cc4)c3c2)c2c(nc(N)c(C#N)c2N)N1. The molecular formula is C24H18FN9. The molecule has 2 aromatic heterocycles. The van der Waals surface area contributed by atoms with Crippen LogP contribution in [0.15, 0.2) is 59.7 Å². The summed E-state index contributed by atoms with van der Waals surface area (Å²) in [5.74, 6) is 0.231. The average molecular weight is 451 g/mol. The van der Waals surface area contributed by atoms with Crippen LogP contribution in [0.3, 0.4) is 0 Å². The number of aliphatic imine (C=N–C) groups is 1. The lowest BCUT2D eigenvalue weighted by Crippen LogP contribution is -2.32. The smallest absolute Gasteiger partial charge is 0.211 e. The second-order valence-corrected chi connectivity index (χ2v) is 7.79. The van der Waals surface area contributed by atoms with Gasteiger partial charge in [-0.2, -0.15) is 10.5 Å². The molecule has 1 aliphatic rings. The summed E-state index contributed by atoms with van der Waals surface area (Å²) in [5, 5.41) is 25.0. The molecule has 0 saturated heterocycles. The second-order valence-electron chi connectivity index (χ2n) is 7.79. The minimum Gasteiger partial charge on any atom is -0.397 e. The molecule has 2 aromatic carbocycles. The first-order chi connectivity index (χ1) is 16.5. The van der Waals surface area contributed by atoms with Gasteiger partial charge in [0.15, 0.2) is 6.19 Å². The molecule has 3 heterocycles. The van der Waals surface area contributed by atoms with Gasteiger partial charge < -0.3 is 21.4 Å². The standard InChI is InChI=1S/C24H18FN9/c25-16-5-1-13(2-6-16)11-34-8-7-14-3-4-15(9-18(14)34)21-19-20(28)17(10-26)22(29)32-23(19)33-24(31-21)30-12-27/h1-9,21H,11H2,(H6,28,29,30,31,32,33). The first-order valence-electron chi connectivity index (χ1n) is 10.3. The van der Waals surface area contributed by atoms with E-state index in [-0.39, 0.29) is 28.8 Å². The summed E-state index contributed by atoms with van der Waals surface area (Å²) in [5.41, 5.74) is 15.7. The van der Waals surface area contributed by atoms with Crippen LogP contribution in [-0.2, 0) is 6.54 Å². The first-order valence-corrected chi connectivity index (χ1v) is 10.3. The molecule has 0 fully saturated rings. The monoisotopic (exact) mass is 451 g/mol. The highest BCUT2D eigenvalue weighted by Crippen LogP contribution is 2.41. The Kier molecular flexibility index (Phi) is 4.96. The van der Waals surface area contributed by atoms with E-state index in [1.165, 1.54) is 12.1 Å². The van der Waals surface area contributed by atoms with E-state index in [4.69, 9.17) is 16.7 Å². The largest absolute Gasteiger partial charge is 0.397 e. The molecule has 0 bridgehead atoms. The number of nitrogen functional groups attached to an aromatic ring is 2. The van der Waals surface area contributed by atoms with E-state index >= 15 is 0 Å². The summed E-state index contributed by atoms with van der Waals surface area (Å²) < 4.78 is 15.4. The highest BCUT2D eigenvalue weighted by molar-refractivity contribution is 5.98. The number of nitrogens with one attached hydrogen (secondary N) is 2. The highest BCUT2D eigenvalue weighted by Gasteiger charge is 2.30. The number of benzene rings is 2. The number of halogens is 1. The molecule has 6 N–H and O–H groups in total. The third kappa shape index (κ3) is 3.49. The van der Waals surface area contributed by atoms with Gasteiger partial charge in [-0.1, -0.05) is 24.3 Å². The topological polar surface area (TPSA) is 154 Å². The summed E-state index contributed by atoms with van der Waals surface area (Å²) in [6.07, 6.45) is 3.80. The fraction of sp³-hybridized carbons (Fsp3) is 0.0833. The Labute approximate surface area is 193 Å². The van der Waals surface area contributed by atoms with Gasteiger partial charge in [-0.15, -0.1) is 0 Å². The van der Waals surface area contributed by atoms with E-state index in [0.717, 1.165) is 22.0 Å². The third-order valence-electron chi connectivity index (χ3n) is 5.74. The van der Waals surface area contributed by atoms with E-state index in [9.17, 15) is 9.65 Å². The van der Waals surface area contributed by atoms with Crippen molar-refractivity contribution in [3.8, 4) is 12.3 Å². The lowest BCUT2D eigenvalue weighted by molar-refractivity contribution is 0.626. The van der Waals surface area contributed by atoms with Crippen molar-refractivity contribution < 1.29 is 4.39 Å². The number of aromatic nitrogens is 2. The summed E-state index contributed by atoms with van der Waals surface area (Å²) in [4.78, 5) is 8.90. The van der Waals surface area contributed by atoms with Gasteiger partial charge in [-0.3, -0.25) is 5.32 Å². The van der Waals surface area contributed by atoms with E-state index in [2.05, 4.69) is 25.2 Å². The van der Waals surface area contributed by atoms with E-state index < -0.39 is 6.04 Å². The lowest BCUT2D eigenvalue weighted by atomic mass is 9.94. The normalized spacial score (nSPS) is 14.4. The Morgan fingerprint density at radius 2 is 1.91 bits per heavy atom. The molecule has 1 atom stereocenters. The minimum atomic E-state index is -0.633. The molecule has 5 rings (SSSR count). The van der Waals surface area contributed by atoms with Crippen LogP contribution in [0.5, 0.6) is 0 Å². The van der Waals surface area contributed by atoms with Crippen LogP contribution < -0.4 is 22.1 Å². The molecular weight excluding hydrogens is 433 g/mol. The fourth-order valence-electron chi connectivity index (χ4n) is 4.12. The van der Waals surface area contributed by atoms with Gasteiger partial charge in [0.2, 0.25) is 5.96 Å². The van der Waals surface area contributed by atoms with E-state index in [0.29, 0.717) is 17.9 Å². The zero-order valence-corrected chi connectivity index (χ0v) is 17.7. The van der Waals surface area contributed by atoms with Crippen LogP contribution >= 0.6 is 0 Å². The number of nitrogens with two attached hydrogens (primary N) is 2. The van der Waals surface area contributed by atoms with Crippen molar-refractivity contribution >= 4 is 34.2 Å². The number of guanidine groups is 1. The number of nitriles is 2. The quantitative estimate of drug-likeness (QED) is 0.275. The van der Waals surface area contributed by atoms with E-state index in [1.54, 1.807) is 12.1 Å². The Morgan fingerprint density at radius 3 is 2.65 bits per heavy atom. The molecule has 0 radical (unpaired) electrons. The summed E-state index contributed by atoms with van der Waals surface area (Å²) in [6.45, 7) is 0.555. The molecule has 34 heavy (non-hydrogen) atoms. The molecule has 1 aliphatic heterocycles. The minimum absolute atomic E-state index is 0.00756. The highest BCUT2D eigenvalue weighted by atomic mass is 19.1. The lowest BCUT2D eigenvalue weighted by Gasteiger charge is -2.26. The first kappa shape index (κ1) is 20.8. The Bertz CT molecular complexity index is 1540. The van der Waals surface area contributed by atoms with Crippen molar-refractivity contribution in [3.63, 3.8) is 0 Å². The average Bonchev–Trinajstić information content (AvgIpc) is 3.22. The number of hydrogen-bond acceptors (Lipinski definition) is 8. The Morgan fingerprint density at radius 1 is 1.12 bits per heavy atom. The Hall–Kier alpha value is -5.09. The van der Waals surface area contributed by atoms with Crippen molar-refractivity contribution in [2.75, 3.05) is 16.8 Å². The Balaban J connectivity index is 1.63. The maximum atomic E-state index is 13.3. The maximum absolute atomic E-state index is 13.3. The van der Waals surface area contributed by atoms with Gasteiger partial charge in [0.1, 0.15) is 35.1 Å². The molecule has 10 heteroatoms. The molecule has 9 nitrogen and oxygen atoms in total. The molecule has 0 spiro atoms. The number of hydrogen-bond donors (Lipinski definition) is 4. The predicted octanol–water partition coefficient (Wildman–Crippen LogP) is 3.20. The van der Waals surface area contributed by atoms with Crippen LogP contribution in [0.4, 0.5) is 21.7 Å². The van der Waals surface area contributed by atoms with Crippen molar-refractivity contribution in [2.24, 2.45) is 4.99 Å². The molecule has 1 unspecified atom stereocenters. The zero-order chi connectivity index (χ0) is 23.8. The van der Waals surface area contributed by atoms with Crippen molar-refractivity contribution in [3.05, 3.63) is 82.8 Å². The van der Waals surface area contributed by atoms with Gasteiger partial charge in [-0.25, -0.2) is 14.4 Å². The van der Waals surface area contributed by atoms with E-state index in [1.807, 2.05) is 42.7 Å². The van der Waals surface area contributed by atoms with Crippen molar-refractivity contribution in [1.82, 2.24) is 14.9 Å². The van der Waals surface area contributed by atoms with Gasteiger partial charge in [0.05, 0.1) is 5.69 Å². The summed E-state index contributed by atoms with van der Waals surface area (Å²) >= 11 is 0. The van der Waals surface area contributed by atoms with Gasteiger partial charge >= 0.3 is 0 Å². The van der Waals surface area contributed by atoms with Gasteiger partial charge in [0, 0.05) is 23.8 Å². The number of pyridine rings is 1. The van der Waals surface area contributed by atoms with Crippen LogP contribution in [0, 0.1) is 28.6 Å². The van der Waals surface area contributed by atoms with Gasteiger partial charge in [0.25, 0.3) is 0 Å². The number of anilines is 3. The summed E-state index contributed by atoms with van der Waals surface area (Å²) in [7, 11) is 0. The van der Waals surface area contributed by atoms with Crippen molar-refractivity contribution in [1.29, 1.82) is 10.5 Å². The van der Waals surface area contributed by atoms with Crippen LogP contribution in [0.25, 0.3) is 10.9 Å². The number of fused-ring (bicyclic) bond motifs is 2. The second kappa shape index (κ2) is 8.11. The van der Waals surface area contributed by atoms with Crippen LogP contribution in [-0.4, -0.2) is 15.5 Å². The predicted molar refractivity (Wildman–Crippen MR) is 127 cm³/mol. The fourth-order valence-corrected chi connectivity index (χ4v) is 4.12. The zero-order valence-electron chi connectivity index (χ0n) is 17.7. The molecule has 0 saturated carbocycles. The molecule has 166 valence electrons.